The Labute approximate surface area is 154 Å². The normalized spacial score (nSPS) is 10.4. The Morgan fingerprint density at radius 1 is 1.00 bits per heavy atom. The van der Waals surface area contributed by atoms with E-state index in [1.807, 2.05) is 55.6 Å². The second-order valence-corrected chi connectivity index (χ2v) is 6.21. The average Bonchev–Trinajstić information content (AvgIpc) is 2.69. The smallest absolute Gasteiger partial charge is 0.274 e. The van der Waals surface area contributed by atoms with Gasteiger partial charge in [-0.15, -0.1) is 0 Å². The number of amides is 1. The highest BCUT2D eigenvalue weighted by atomic mass is 16.1. The summed E-state index contributed by atoms with van der Waals surface area (Å²) in [4.78, 5) is 18.9. The van der Waals surface area contributed by atoms with E-state index < -0.39 is 0 Å². The minimum atomic E-state index is -0.192. The van der Waals surface area contributed by atoms with Crippen molar-refractivity contribution >= 4 is 17.3 Å². The van der Waals surface area contributed by atoms with Gasteiger partial charge in [0.05, 0.1) is 11.9 Å². The maximum absolute atomic E-state index is 12.5. The predicted octanol–water partition coefficient (Wildman–Crippen LogP) is 4.53. The van der Waals surface area contributed by atoms with Gasteiger partial charge in [-0.1, -0.05) is 55.5 Å². The highest BCUT2D eigenvalue weighted by Crippen LogP contribution is 2.18. The van der Waals surface area contributed by atoms with Crippen LogP contribution in [0.15, 0.2) is 72.9 Å². The molecule has 0 fully saturated rings. The number of para-hydroxylation sites is 1. The van der Waals surface area contributed by atoms with E-state index in [1.54, 1.807) is 12.3 Å². The molecule has 0 atom stereocenters. The van der Waals surface area contributed by atoms with Gasteiger partial charge in [0.15, 0.2) is 0 Å². The lowest BCUT2D eigenvalue weighted by atomic mass is 10.1. The minimum Gasteiger partial charge on any atom is -0.369 e. The molecule has 0 aliphatic rings. The second kappa shape index (κ2) is 8.30. The molecule has 4 nitrogen and oxygen atoms in total. The van der Waals surface area contributed by atoms with Gasteiger partial charge in [0, 0.05) is 19.3 Å². The number of nitrogens with one attached hydrogen (secondary N) is 1. The summed E-state index contributed by atoms with van der Waals surface area (Å²) in [6.07, 6.45) is 2.61. The molecule has 1 aromatic heterocycles. The Bertz CT molecular complexity index is 860. The number of nitrogens with zero attached hydrogens (tertiary/aromatic N) is 2. The fourth-order valence-corrected chi connectivity index (χ4v) is 2.83. The molecule has 26 heavy (non-hydrogen) atoms. The van der Waals surface area contributed by atoms with Crippen LogP contribution in [0.3, 0.4) is 0 Å². The standard InChI is InChI=1S/C22H23N3O/c1-3-18-11-7-8-12-20(18)24-22(26)21-14-13-19(15-23-21)25(2)16-17-9-5-4-6-10-17/h4-15H,3,16H2,1-2H3,(H,24,26). The average molecular weight is 345 g/mol. The number of carbonyl (C=O) groups is 1. The van der Waals surface area contributed by atoms with Crippen molar-refractivity contribution in [2.24, 2.45) is 0 Å². The minimum absolute atomic E-state index is 0.192. The fraction of sp³-hybridized carbons (Fsp3) is 0.182. The third-order valence-corrected chi connectivity index (χ3v) is 4.33. The molecular formula is C22H23N3O. The maximum atomic E-state index is 12.5. The van der Waals surface area contributed by atoms with Crippen molar-refractivity contribution in [3.8, 4) is 0 Å². The van der Waals surface area contributed by atoms with Crippen LogP contribution in [0.4, 0.5) is 11.4 Å². The lowest BCUT2D eigenvalue weighted by Crippen LogP contribution is -2.18. The van der Waals surface area contributed by atoms with Gasteiger partial charge in [-0.3, -0.25) is 4.79 Å². The predicted molar refractivity (Wildman–Crippen MR) is 107 cm³/mol. The first-order chi connectivity index (χ1) is 12.7. The topological polar surface area (TPSA) is 45.2 Å². The zero-order valence-corrected chi connectivity index (χ0v) is 15.1. The van der Waals surface area contributed by atoms with Crippen molar-refractivity contribution in [1.82, 2.24) is 4.98 Å². The van der Waals surface area contributed by atoms with Crippen molar-refractivity contribution < 1.29 is 4.79 Å². The Hall–Kier alpha value is -3.14. The largest absolute Gasteiger partial charge is 0.369 e. The molecule has 3 rings (SSSR count). The van der Waals surface area contributed by atoms with Crippen LogP contribution in [-0.2, 0) is 13.0 Å². The van der Waals surface area contributed by atoms with E-state index in [4.69, 9.17) is 0 Å². The molecule has 1 amide bonds. The van der Waals surface area contributed by atoms with Crippen molar-refractivity contribution in [2.75, 3.05) is 17.3 Å². The molecule has 0 spiro atoms. The van der Waals surface area contributed by atoms with E-state index in [9.17, 15) is 4.79 Å². The molecule has 1 N–H and O–H groups in total. The van der Waals surface area contributed by atoms with Crippen LogP contribution in [0.1, 0.15) is 28.5 Å². The molecule has 1 heterocycles. The van der Waals surface area contributed by atoms with Crippen LogP contribution >= 0.6 is 0 Å². The summed E-state index contributed by atoms with van der Waals surface area (Å²) >= 11 is 0. The lowest BCUT2D eigenvalue weighted by Gasteiger charge is -2.19. The highest BCUT2D eigenvalue weighted by molar-refractivity contribution is 6.03. The summed E-state index contributed by atoms with van der Waals surface area (Å²) in [5, 5.41) is 2.95. The van der Waals surface area contributed by atoms with Crippen molar-refractivity contribution in [3.63, 3.8) is 0 Å². The number of carbonyl (C=O) groups excluding carboxylic acids is 1. The summed E-state index contributed by atoms with van der Waals surface area (Å²) in [6.45, 7) is 2.86. The van der Waals surface area contributed by atoms with Gasteiger partial charge in [0.1, 0.15) is 5.69 Å². The number of aromatic nitrogens is 1. The molecule has 3 aromatic rings. The monoisotopic (exact) mass is 345 g/mol. The van der Waals surface area contributed by atoms with Crippen molar-refractivity contribution in [2.45, 2.75) is 19.9 Å². The number of hydrogen-bond acceptors (Lipinski definition) is 3. The Balaban J connectivity index is 1.68. The molecule has 0 saturated carbocycles. The number of hydrogen-bond donors (Lipinski definition) is 1. The van der Waals surface area contributed by atoms with Gasteiger partial charge >= 0.3 is 0 Å². The molecule has 4 heteroatoms. The number of pyridine rings is 1. The van der Waals surface area contributed by atoms with Gasteiger partial charge in [0.25, 0.3) is 5.91 Å². The van der Waals surface area contributed by atoms with Gasteiger partial charge in [0.2, 0.25) is 0 Å². The van der Waals surface area contributed by atoms with E-state index in [-0.39, 0.29) is 5.91 Å². The Kier molecular flexibility index (Phi) is 5.64. The van der Waals surface area contributed by atoms with Crippen molar-refractivity contribution in [1.29, 1.82) is 0 Å². The highest BCUT2D eigenvalue weighted by Gasteiger charge is 2.10. The second-order valence-electron chi connectivity index (χ2n) is 6.21. The van der Waals surface area contributed by atoms with Crippen LogP contribution in [0.2, 0.25) is 0 Å². The van der Waals surface area contributed by atoms with Gasteiger partial charge in [-0.05, 0) is 35.7 Å². The van der Waals surface area contributed by atoms with Gasteiger partial charge in [-0.25, -0.2) is 4.98 Å². The van der Waals surface area contributed by atoms with Gasteiger partial charge in [-0.2, -0.15) is 0 Å². The molecule has 0 aliphatic carbocycles. The molecule has 0 aliphatic heterocycles. The summed E-state index contributed by atoms with van der Waals surface area (Å²) in [5.41, 5.74) is 4.56. The zero-order chi connectivity index (χ0) is 18.4. The van der Waals surface area contributed by atoms with E-state index in [0.717, 1.165) is 29.9 Å². The number of benzene rings is 2. The first-order valence-electron chi connectivity index (χ1n) is 8.77. The fourth-order valence-electron chi connectivity index (χ4n) is 2.83. The summed E-state index contributed by atoms with van der Waals surface area (Å²) in [5.74, 6) is -0.192. The third kappa shape index (κ3) is 4.28. The van der Waals surface area contributed by atoms with Crippen LogP contribution in [0, 0.1) is 0 Å². The van der Waals surface area contributed by atoms with Gasteiger partial charge < -0.3 is 10.2 Å². The molecule has 0 bridgehead atoms. The van der Waals surface area contributed by atoms with Crippen LogP contribution < -0.4 is 10.2 Å². The SMILES string of the molecule is CCc1ccccc1NC(=O)c1ccc(N(C)Cc2ccccc2)cn1. The molecule has 2 aromatic carbocycles. The zero-order valence-electron chi connectivity index (χ0n) is 15.1. The summed E-state index contributed by atoms with van der Waals surface area (Å²) < 4.78 is 0. The summed E-state index contributed by atoms with van der Waals surface area (Å²) in [6, 6.07) is 21.8. The first-order valence-corrected chi connectivity index (χ1v) is 8.77. The summed E-state index contributed by atoms with van der Waals surface area (Å²) in [7, 11) is 2.02. The van der Waals surface area contributed by atoms with Crippen LogP contribution in [0.25, 0.3) is 0 Å². The Morgan fingerprint density at radius 2 is 1.73 bits per heavy atom. The molecule has 0 radical (unpaired) electrons. The maximum Gasteiger partial charge on any atom is 0.274 e. The lowest BCUT2D eigenvalue weighted by molar-refractivity contribution is 0.102. The van der Waals surface area contributed by atoms with E-state index in [2.05, 4.69) is 34.3 Å². The molecular weight excluding hydrogens is 322 g/mol. The van der Waals surface area contributed by atoms with Crippen LogP contribution in [-0.4, -0.2) is 17.9 Å². The van der Waals surface area contributed by atoms with E-state index in [0.29, 0.717) is 5.69 Å². The number of rotatable bonds is 6. The van der Waals surface area contributed by atoms with Crippen molar-refractivity contribution in [3.05, 3.63) is 89.7 Å². The van der Waals surface area contributed by atoms with Crippen LogP contribution in [0.5, 0.6) is 0 Å². The van der Waals surface area contributed by atoms with E-state index in [1.165, 1.54) is 5.56 Å². The first kappa shape index (κ1) is 17.7. The Morgan fingerprint density at radius 3 is 2.42 bits per heavy atom. The molecule has 0 unspecified atom stereocenters. The number of aryl methyl sites for hydroxylation is 1. The third-order valence-electron chi connectivity index (χ3n) is 4.33. The quantitative estimate of drug-likeness (QED) is 0.714. The number of anilines is 2. The van der Waals surface area contributed by atoms with E-state index >= 15 is 0 Å². The molecule has 132 valence electrons. The molecule has 0 saturated heterocycles.